The monoisotopic (exact) mass is 308 g/mol. The zero-order valence-corrected chi connectivity index (χ0v) is 13.9. The van der Waals surface area contributed by atoms with Gasteiger partial charge in [0.25, 0.3) is 0 Å². The molecule has 0 spiro atoms. The number of hydrogen-bond acceptors (Lipinski definition) is 4. The minimum absolute atomic E-state index is 0.378. The third-order valence-electron chi connectivity index (χ3n) is 4.99. The number of hydrogen-bond donors (Lipinski definition) is 1. The predicted molar refractivity (Wildman–Crippen MR) is 85.2 cm³/mol. The van der Waals surface area contributed by atoms with E-state index in [4.69, 9.17) is 0 Å². The molecular formula is C16H24N2O2S. The molecule has 1 aliphatic heterocycles. The van der Waals surface area contributed by atoms with E-state index in [1.54, 1.807) is 11.3 Å². The maximum absolute atomic E-state index is 11.3. The van der Waals surface area contributed by atoms with Crippen LogP contribution in [0.15, 0.2) is 0 Å². The molecule has 1 fully saturated rings. The Morgan fingerprint density at radius 1 is 1.29 bits per heavy atom. The van der Waals surface area contributed by atoms with Crippen molar-refractivity contribution < 1.29 is 9.90 Å². The molecule has 0 aromatic carbocycles. The van der Waals surface area contributed by atoms with Crippen molar-refractivity contribution in [2.45, 2.75) is 52.4 Å². The fraction of sp³-hybridized carbons (Fsp3) is 0.750. The Kier molecular flexibility index (Phi) is 3.72. The van der Waals surface area contributed by atoms with Crippen molar-refractivity contribution >= 4 is 22.4 Å². The summed E-state index contributed by atoms with van der Waals surface area (Å²) >= 11 is 1.71. The molecule has 1 unspecified atom stereocenters. The van der Waals surface area contributed by atoms with Crippen LogP contribution in [0.25, 0.3) is 0 Å². The molecule has 1 N–H and O–H groups in total. The second kappa shape index (κ2) is 5.27. The first-order chi connectivity index (χ1) is 9.86. The summed E-state index contributed by atoms with van der Waals surface area (Å²) in [5, 5.41) is 10.3. The van der Waals surface area contributed by atoms with Crippen LogP contribution in [0, 0.1) is 11.3 Å². The summed E-state index contributed by atoms with van der Waals surface area (Å²) in [7, 11) is 0. The summed E-state index contributed by atoms with van der Waals surface area (Å²) < 4.78 is 0. The van der Waals surface area contributed by atoms with Crippen LogP contribution in [-0.4, -0.2) is 29.1 Å². The standard InChI is InChI=1S/C16H24N2O2S/c1-16(2,3)10-6-8-18(9-7-10)15-17-13-11(14(19)20)4-5-12(13)21-15/h10-11H,4-9H2,1-3H3,(H,19,20). The number of fused-ring (bicyclic) bond motifs is 1. The fourth-order valence-electron chi connectivity index (χ4n) is 3.53. The molecule has 2 aliphatic rings. The van der Waals surface area contributed by atoms with Gasteiger partial charge in [-0.3, -0.25) is 4.79 Å². The van der Waals surface area contributed by atoms with E-state index in [0.717, 1.165) is 42.7 Å². The zero-order valence-electron chi connectivity index (χ0n) is 13.1. The highest BCUT2D eigenvalue weighted by Crippen LogP contribution is 2.41. The second-order valence-electron chi connectivity index (χ2n) is 7.36. The molecule has 116 valence electrons. The van der Waals surface area contributed by atoms with E-state index in [9.17, 15) is 9.90 Å². The quantitative estimate of drug-likeness (QED) is 0.908. The smallest absolute Gasteiger partial charge is 0.312 e. The molecule has 1 atom stereocenters. The van der Waals surface area contributed by atoms with Crippen molar-refractivity contribution in [1.82, 2.24) is 4.98 Å². The lowest BCUT2D eigenvalue weighted by Crippen LogP contribution is -2.38. The number of carboxylic acids is 1. The predicted octanol–water partition coefficient (Wildman–Crippen LogP) is 3.52. The molecule has 1 saturated heterocycles. The second-order valence-corrected chi connectivity index (χ2v) is 8.42. The topological polar surface area (TPSA) is 53.4 Å². The first-order valence-corrected chi connectivity index (χ1v) is 8.65. The van der Waals surface area contributed by atoms with Gasteiger partial charge in [-0.2, -0.15) is 0 Å². The molecule has 5 heteroatoms. The first-order valence-electron chi connectivity index (χ1n) is 7.83. The highest BCUT2D eigenvalue weighted by molar-refractivity contribution is 7.15. The summed E-state index contributed by atoms with van der Waals surface area (Å²) in [5.74, 6) is -0.332. The molecule has 0 amide bonds. The third-order valence-corrected chi connectivity index (χ3v) is 6.19. The molecule has 3 rings (SSSR count). The van der Waals surface area contributed by atoms with Gasteiger partial charge in [0.05, 0.1) is 5.69 Å². The maximum Gasteiger partial charge on any atom is 0.312 e. The Labute approximate surface area is 130 Å². The van der Waals surface area contributed by atoms with Gasteiger partial charge in [-0.05, 0) is 37.0 Å². The number of carbonyl (C=O) groups is 1. The van der Waals surface area contributed by atoms with Crippen LogP contribution in [0.4, 0.5) is 5.13 Å². The van der Waals surface area contributed by atoms with Crippen LogP contribution in [0.5, 0.6) is 0 Å². The third kappa shape index (κ3) is 2.80. The van der Waals surface area contributed by atoms with E-state index in [2.05, 4.69) is 30.7 Å². The van der Waals surface area contributed by atoms with Crippen LogP contribution in [0.3, 0.4) is 0 Å². The van der Waals surface area contributed by atoms with Crippen LogP contribution >= 0.6 is 11.3 Å². The highest BCUT2D eigenvalue weighted by atomic mass is 32.1. The summed E-state index contributed by atoms with van der Waals surface area (Å²) in [6.45, 7) is 9.06. The normalized spacial score (nSPS) is 23.4. The van der Waals surface area contributed by atoms with E-state index in [0.29, 0.717) is 5.41 Å². The zero-order chi connectivity index (χ0) is 15.2. The minimum atomic E-state index is -0.725. The Morgan fingerprint density at radius 3 is 2.52 bits per heavy atom. The van der Waals surface area contributed by atoms with Gasteiger partial charge >= 0.3 is 5.97 Å². The van der Waals surface area contributed by atoms with E-state index in [1.165, 1.54) is 17.7 Å². The van der Waals surface area contributed by atoms with Crippen molar-refractivity contribution in [3.05, 3.63) is 10.6 Å². The van der Waals surface area contributed by atoms with Gasteiger partial charge in [0.2, 0.25) is 0 Å². The van der Waals surface area contributed by atoms with Gasteiger partial charge in [-0.25, -0.2) is 4.98 Å². The first kappa shape index (κ1) is 14.8. The van der Waals surface area contributed by atoms with Gasteiger partial charge < -0.3 is 10.0 Å². The van der Waals surface area contributed by atoms with Crippen molar-refractivity contribution in [3.8, 4) is 0 Å². The molecule has 1 aromatic rings. The number of piperidine rings is 1. The van der Waals surface area contributed by atoms with Crippen LogP contribution in [-0.2, 0) is 11.2 Å². The molecule has 0 radical (unpaired) electrons. The minimum Gasteiger partial charge on any atom is -0.481 e. The van der Waals surface area contributed by atoms with Crippen molar-refractivity contribution in [2.24, 2.45) is 11.3 Å². The maximum atomic E-state index is 11.3. The number of nitrogens with zero attached hydrogens (tertiary/aromatic N) is 2. The summed E-state index contributed by atoms with van der Waals surface area (Å²) in [6.07, 6.45) is 4.00. The van der Waals surface area contributed by atoms with Gasteiger partial charge in [0.1, 0.15) is 5.92 Å². The Balaban J connectivity index is 1.70. The van der Waals surface area contributed by atoms with Crippen LogP contribution in [0.2, 0.25) is 0 Å². The van der Waals surface area contributed by atoms with Crippen LogP contribution < -0.4 is 4.90 Å². The molecule has 0 saturated carbocycles. The number of aromatic nitrogens is 1. The summed E-state index contributed by atoms with van der Waals surface area (Å²) in [6, 6.07) is 0. The number of anilines is 1. The van der Waals surface area contributed by atoms with Gasteiger partial charge in [0, 0.05) is 18.0 Å². The molecule has 2 heterocycles. The largest absolute Gasteiger partial charge is 0.481 e. The summed E-state index contributed by atoms with van der Waals surface area (Å²) in [4.78, 5) is 19.5. The van der Waals surface area contributed by atoms with Crippen molar-refractivity contribution in [3.63, 3.8) is 0 Å². The van der Waals surface area contributed by atoms with Crippen molar-refractivity contribution in [1.29, 1.82) is 0 Å². The Morgan fingerprint density at radius 2 is 1.95 bits per heavy atom. The lowest BCUT2D eigenvalue weighted by Gasteiger charge is -2.38. The average molecular weight is 308 g/mol. The fourth-order valence-corrected chi connectivity index (χ4v) is 4.72. The number of thiazole rings is 1. The number of aryl methyl sites for hydroxylation is 1. The number of aliphatic carboxylic acids is 1. The Bertz CT molecular complexity index is 539. The molecular weight excluding hydrogens is 284 g/mol. The highest BCUT2D eigenvalue weighted by Gasteiger charge is 2.34. The molecule has 1 aromatic heterocycles. The van der Waals surface area contributed by atoms with E-state index >= 15 is 0 Å². The van der Waals surface area contributed by atoms with Crippen LogP contribution in [0.1, 0.15) is 56.5 Å². The van der Waals surface area contributed by atoms with E-state index < -0.39 is 5.97 Å². The Hall–Kier alpha value is -1.10. The lowest BCUT2D eigenvalue weighted by molar-refractivity contribution is -0.138. The molecule has 0 bridgehead atoms. The molecule has 1 aliphatic carbocycles. The van der Waals surface area contributed by atoms with Gasteiger partial charge in [-0.1, -0.05) is 20.8 Å². The van der Waals surface area contributed by atoms with E-state index in [1.807, 2.05) is 0 Å². The van der Waals surface area contributed by atoms with E-state index in [-0.39, 0.29) is 5.92 Å². The number of rotatable bonds is 2. The SMILES string of the molecule is CC(C)(C)C1CCN(c2nc3c(s2)CCC3C(=O)O)CC1. The average Bonchev–Trinajstić information content (AvgIpc) is 2.96. The summed E-state index contributed by atoms with van der Waals surface area (Å²) in [5.41, 5.74) is 1.21. The lowest BCUT2D eigenvalue weighted by atomic mass is 9.75. The van der Waals surface area contributed by atoms with Gasteiger partial charge in [-0.15, -0.1) is 11.3 Å². The number of carboxylic acid groups (broad SMARTS) is 1. The molecule has 21 heavy (non-hydrogen) atoms. The van der Waals surface area contributed by atoms with Crippen molar-refractivity contribution in [2.75, 3.05) is 18.0 Å². The molecule has 4 nitrogen and oxygen atoms in total. The van der Waals surface area contributed by atoms with Gasteiger partial charge in [0.15, 0.2) is 5.13 Å².